The Morgan fingerprint density at radius 1 is 1.38 bits per heavy atom. The number of hydrogen-bond donors (Lipinski definition) is 2. The van der Waals surface area contributed by atoms with Crippen LogP contribution in [0.3, 0.4) is 0 Å². The lowest BCUT2D eigenvalue weighted by molar-refractivity contribution is 0.00145. The molecule has 2 rings (SSSR count). The Bertz CT molecular complexity index is 467. The van der Waals surface area contributed by atoms with E-state index in [1.165, 1.54) is 0 Å². The van der Waals surface area contributed by atoms with Crippen molar-refractivity contribution in [1.29, 1.82) is 5.41 Å². The maximum Gasteiger partial charge on any atom is 0.161 e. The molecule has 0 spiro atoms. The Kier molecular flexibility index (Phi) is 5.83. The number of amidine groups is 1. The highest BCUT2D eigenvalue weighted by Crippen LogP contribution is 2.26. The fourth-order valence-corrected chi connectivity index (χ4v) is 2.22. The van der Waals surface area contributed by atoms with Gasteiger partial charge in [-0.1, -0.05) is 12.1 Å². The lowest BCUT2D eigenvalue weighted by Gasteiger charge is -2.32. The second kappa shape index (κ2) is 7.85. The van der Waals surface area contributed by atoms with Gasteiger partial charge in [-0.05, 0) is 19.1 Å². The van der Waals surface area contributed by atoms with E-state index in [4.69, 9.17) is 25.4 Å². The summed E-state index contributed by atoms with van der Waals surface area (Å²) in [6.45, 7) is 5.98. The van der Waals surface area contributed by atoms with Gasteiger partial charge in [-0.3, -0.25) is 10.3 Å². The molecular weight excluding hydrogens is 270 g/mol. The average Bonchev–Trinajstić information content (AvgIpc) is 2.49. The number of rotatable bonds is 7. The van der Waals surface area contributed by atoms with E-state index in [2.05, 4.69) is 4.90 Å². The molecule has 0 bridgehead atoms. The van der Waals surface area contributed by atoms with Gasteiger partial charge >= 0.3 is 0 Å². The summed E-state index contributed by atoms with van der Waals surface area (Å²) in [5.41, 5.74) is 5.49. The first-order valence-corrected chi connectivity index (χ1v) is 7.23. The predicted molar refractivity (Wildman–Crippen MR) is 81.2 cm³/mol. The Labute approximate surface area is 125 Å². The second-order valence-electron chi connectivity index (χ2n) is 4.84. The molecule has 1 heterocycles. The normalized spacial score (nSPS) is 19.2. The van der Waals surface area contributed by atoms with Gasteiger partial charge in [-0.15, -0.1) is 0 Å². The molecule has 0 aromatic heterocycles. The Morgan fingerprint density at radius 3 is 2.76 bits per heavy atom. The summed E-state index contributed by atoms with van der Waals surface area (Å²) in [6, 6.07) is 7.66. The van der Waals surface area contributed by atoms with Gasteiger partial charge in [0.2, 0.25) is 0 Å². The highest BCUT2D eigenvalue weighted by molar-refractivity contribution is 5.82. The summed E-state index contributed by atoms with van der Waals surface area (Å²) >= 11 is 0. The summed E-state index contributed by atoms with van der Waals surface area (Å²) in [6.07, 6.45) is -0.297. The molecule has 1 fully saturated rings. The largest absolute Gasteiger partial charge is 0.490 e. The van der Waals surface area contributed by atoms with E-state index in [0.29, 0.717) is 26.4 Å². The number of benzene rings is 1. The van der Waals surface area contributed by atoms with Crippen LogP contribution in [0.2, 0.25) is 0 Å². The minimum absolute atomic E-state index is 0.0855. The molecule has 0 radical (unpaired) electrons. The highest BCUT2D eigenvalue weighted by Gasteiger charge is 2.22. The maximum absolute atomic E-state index is 7.44. The quantitative estimate of drug-likeness (QED) is 0.581. The van der Waals surface area contributed by atoms with E-state index < -0.39 is 0 Å². The van der Waals surface area contributed by atoms with Gasteiger partial charge in [0.1, 0.15) is 18.5 Å². The topological polar surface area (TPSA) is 80.8 Å². The zero-order valence-corrected chi connectivity index (χ0v) is 12.4. The summed E-state index contributed by atoms with van der Waals surface area (Å²) in [5.74, 6) is 1.61. The molecule has 1 aromatic carbocycles. The molecule has 0 saturated carbocycles. The number of nitrogens with one attached hydrogen (secondary N) is 1. The smallest absolute Gasteiger partial charge is 0.161 e. The summed E-state index contributed by atoms with van der Waals surface area (Å²) in [5, 5.41) is 7.44. The molecule has 6 nitrogen and oxygen atoms in total. The maximum atomic E-state index is 7.44. The van der Waals surface area contributed by atoms with E-state index in [0.717, 1.165) is 24.6 Å². The fourth-order valence-electron chi connectivity index (χ4n) is 2.22. The molecule has 1 unspecified atom stereocenters. The summed E-state index contributed by atoms with van der Waals surface area (Å²) < 4.78 is 16.8. The molecule has 1 aliphatic rings. The van der Waals surface area contributed by atoms with Gasteiger partial charge < -0.3 is 19.9 Å². The van der Waals surface area contributed by atoms with Crippen molar-refractivity contribution in [3.05, 3.63) is 24.3 Å². The third-order valence-electron chi connectivity index (χ3n) is 3.31. The first-order chi connectivity index (χ1) is 10.2. The third-order valence-corrected chi connectivity index (χ3v) is 3.31. The lowest BCUT2D eigenvalue weighted by atomic mass is 10.2. The Hall–Kier alpha value is -1.79. The minimum atomic E-state index is -0.297. The SMILES string of the molecule is CCOc1ccccc1OCCN1CCOC(C(=N)N)C1. The standard InChI is InChI=1S/C15H23N3O3/c1-2-19-12-5-3-4-6-13(12)20-9-7-18-8-10-21-14(11-18)15(16)17/h3-6,14H,2,7-11H2,1H3,(H3,16,17). The van der Waals surface area contributed by atoms with Crippen LogP contribution in [0.5, 0.6) is 11.5 Å². The van der Waals surface area contributed by atoms with Crippen molar-refractivity contribution in [2.75, 3.05) is 39.5 Å². The Balaban J connectivity index is 1.80. The van der Waals surface area contributed by atoms with Crippen molar-refractivity contribution in [2.45, 2.75) is 13.0 Å². The average molecular weight is 293 g/mol. The molecular formula is C15H23N3O3. The van der Waals surface area contributed by atoms with Crippen LogP contribution in [0.1, 0.15) is 6.92 Å². The zero-order valence-electron chi connectivity index (χ0n) is 12.4. The van der Waals surface area contributed by atoms with E-state index in [-0.39, 0.29) is 11.9 Å². The van der Waals surface area contributed by atoms with Gasteiger partial charge in [-0.2, -0.15) is 0 Å². The van der Waals surface area contributed by atoms with Crippen LogP contribution in [-0.4, -0.2) is 56.3 Å². The van der Waals surface area contributed by atoms with Gasteiger partial charge in [0.25, 0.3) is 0 Å². The zero-order chi connectivity index (χ0) is 15.1. The molecule has 0 amide bonds. The van der Waals surface area contributed by atoms with Gasteiger partial charge in [0.15, 0.2) is 11.5 Å². The molecule has 1 atom stereocenters. The molecule has 116 valence electrons. The van der Waals surface area contributed by atoms with Crippen LogP contribution >= 0.6 is 0 Å². The van der Waals surface area contributed by atoms with Crippen molar-refractivity contribution in [3.8, 4) is 11.5 Å². The molecule has 1 saturated heterocycles. The van der Waals surface area contributed by atoms with Crippen LogP contribution in [0, 0.1) is 5.41 Å². The number of para-hydroxylation sites is 2. The first-order valence-electron chi connectivity index (χ1n) is 7.23. The predicted octanol–water partition coefficient (Wildman–Crippen LogP) is 1.10. The Morgan fingerprint density at radius 2 is 2.10 bits per heavy atom. The summed E-state index contributed by atoms with van der Waals surface area (Å²) in [7, 11) is 0. The lowest BCUT2D eigenvalue weighted by Crippen LogP contribution is -2.49. The number of hydrogen-bond acceptors (Lipinski definition) is 5. The number of nitrogens with zero attached hydrogens (tertiary/aromatic N) is 1. The monoisotopic (exact) mass is 293 g/mol. The third kappa shape index (κ3) is 4.61. The molecule has 3 N–H and O–H groups in total. The van der Waals surface area contributed by atoms with E-state index in [1.807, 2.05) is 31.2 Å². The van der Waals surface area contributed by atoms with Crippen LogP contribution in [0.4, 0.5) is 0 Å². The fraction of sp³-hybridized carbons (Fsp3) is 0.533. The second-order valence-corrected chi connectivity index (χ2v) is 4.84. The van der Waals surface area contributed by atoms with Gasteiger partial charge in [0, 0.05) is 19.6 Å². The molecule has 0 aliphatic carbocycles. The number of nitrogens with two attached hydrogens (primary N) is 1. The minimum Gasteiger partial charge on any atom is -0.490 e. The van der Waals surface area contributed by atoms with Crippen molar-refractivity contribution >= 4 is 5.84 Å². The van der Waals surface area contributed by atoms with Crippen molar-refractivity contribution in [1.82, 2.24) is 4.90 Å². The van der Waals surface area contributed by atoms with E-state index >= 15 is 0 Å². The molecule has 21 heavy (non-hydrogen) atoms. The van der Waals surface area contributed by atoms with Gasteiger partial charge in [-0.25, -0.2) is 0 Å². The highest BCUT2D eigenvalue weighted by atomic mass is 16.5. The first kappa shape index (κ1) is 15.6. The van der Waals surface area contributed by atoms with Crippen molar-refractivity contribution < 1.29 is 14.2 Å². The van der Waals surface area contributed by atoms with Crippen molar-refractivity contribution in [2.24, 2.45) is 5.73 Å². The van der Waals surface area contributed by atoms with Crippen LogP contribution in [-0.2, 0) is 4.74 Å². The molecule has 1 aromatic rings. The summed E-state index contributed by atoms with van der Waals surface area (Å²) in [4.78, 5) is 2.19. The van der Waals surface area contributed by atoms with E-state index in [9.17, 15) is 0 Å². The van der Waals surface area contributed by atoms with Crippen LogP contribution in [0.25, 0.3) is 0 Å². The number of ether oxygens (including phenoxy) is 3. The van der Waals surface area contributed by atoms with Crippen LogP contribution in [0.15, 0.2) is 24.3 Å². The molecule has 6 heteroatoms. The van der Waals surface area contributed by atoms with Crippen molar-refractivity contribution in [3.63, 3.8) is 0 Å². The number of morpholine rings is 1. The van der Waals surface area contributed by atoms with Crippen LogP contribution < -0.4 is 15.2 Å². The van der Waals surface area contributed by atoms with E-state index in [1.54, 1.807) is 0 Å². The molecule has 1 aliphatic heterocycles. The van der Waals surface area contributed by atoms with Gasteiger partial charge in [0.05, 0.1) is 13.2 Å².